The molecular formula is C26H27F2N7O. The van der Waals surface area contributed by atoms with E-state index in [4.69, 9.17) is 0 Å². The van der Waals surface area contributed by atoms with E-state index in [0.717, 1.165) is 38.0 Å². The highest BCUT2D eigenvalue weighted by Crippen LogP contribution is 2.36. The molecule has 1 aromatic carbocycles. The van der Waals surface area contributed by atoms with Crippen molar-refractivity contribution < 1.29 is 8.78 Å². The zero-order valence-corrected chi connectivity index (χ0v) is 20.2. The van der Waals surface area contributed by atoms with Crippen LogP contribution in [0.25, 0.3) is 16.9 Å². The van der Waals surface area contributed by atoms with E-state index in [-0.39, 0.29) is 28.5 Å². The van der Waals surface area contributed by atoms with Crippen LogP contribution in [0, 0.1) is 5.82 Å². The Kier molecular flexibility index (Phi) is 5.36. The monoisotopic (exact) mass is 491 g/mol. The van der Waals surface area contributed by atoms with Gasteiger partial charge in [0, 0.05) is 23.8 Å². The lowest BCUT2D eigenvalue weighted by Crippen LogP contribution is -2.25. The summed E-state index contributed by atoms with van der Waals surface area (Å²) in [7, 11) is 0. The predicted octanol–water partition coefficient (Wildman–Crippen LogP) is 4.09. The van der Waals surface area contributed by atoms with Crippen LogP contribution in [0.2, 0.25) is 0 Å². The molecule has 8 nitrogen and oxygen atoms in total. The van der Waals surface area contributed by atoms with Crippen LogP contribution in [0.3, 0.4) is 0 Å². The molecule has 0 spiro atoms. The predicted molar refractivity (Wildman–Crippen MR) is 133 cm³/mol. The Morgan fingerprint density at radius 1 is 1.17 bits per heavy atom. The first-order valence-electron chi connectivity index (χ1n) is 12.2. The molecule has 2 N–H and O–H groups in total. The van der Waals surface area contributed by atoms with Crippen LogP contribution < -0.4 is 16.2 Å². The first kappa shape index (κ1) is 22.8. The van der Waals surface area contributed by atoms with E-state index in [1.165, 1.54) is 38.8 Å². The fourth-order valence-corrected chi connectivity index (χ4v) is 4.62. The third-order valence-corrected chi connectivity index (χ3v) is 6.92. The maximum absolute atomic E-state index is 15.2. The Labute approximate surface area is 206 Å². The number of fused-ring (bicyclic) bond motifs is 2. The average molecular weight is 492 g/mol. The van der Waals surface area contributed by atoms with Crippen molar-refractivity contribution in [3.63, 3.8) is 0 Å². The molecule has 36 heavy (non-hydrogen) atoms. The second-order valence-corrected chi connectivity index (χ2v) is 10.2. The molecule has 6 rings (SSSR count). The summed E-state index contributed by atoms with van der Waals surface area (Å²) in [5.41, 5.74) is 2.81. The molecule has 0 radical (unpaired) electrons. The minimum atomic E-state index is -0.903. The molecule has 0 bridgehead atoms. The summed E-state index contributed by atoms with van der Waals surface area (Å²) in [5, 5.41) is 6.86. The molecule has 1 saturated carbocycles. The topological polar surface area (TPSA) is 89.7 Å². The third kappa shape index (κ3) is 3.85. The van der Waals surface area contributed by atoms with Crippen molar-refractivity contribution in [3.8, 4) is 5.82 Å². The highest BCUT2D eigenvalue weighted by molar-refractivity contribution is 5.77. The van der Waals surface area contributed by atoms with Gasteiger partial charge in [-0.1, -0.05) is 19.9 Å². The lowest BCUT2D eigenvalue weighted by Gasteiger charge is -2.21. The van der Waals surface area contributed by atoms with E-state index in [1.807, 2.05) is 6.07 Å². The molecule has 4 heterocycles. The number of pyridine rings is 1. The van der Waals surface area contributed by atoms with E-state index in [9.17, 15) is 9.18 Å². The lowest BCUT2D eigenvalue weighted by atomic mass is 9.90. The number of nitrogens with one attached hydrogen (secondary N) is 2. The fourth-order valence-electron chi connectivity index (χ4n) is 4.62. The Morgan fingerprint density at radius 3 is 2.78 bits per heavy atom. The molecule has 186 valence electrons. The van der Waals surface area contributed by atoms with Gasteiger partial charge in [0.05, 0.1) is 11.7 Å². The van der Waals surface area contributed by atoms with Gasteiger partial charge in [-0.2, -0.15) is 4.98 Å². The largest absolute Gasteiger partial charge is 0.324 e. The molecule has 1 fully saturated rings. The van der Waals surface area contributed by atoms with Gasteiger partial charge < -0.3 is 10.6 Å². The van der Waals surface area contributed by atoms with Crippen molar-refractivity contribution in [1.82, 2.24) is 29.6 Å². The van der Waals surface area contributed by atoms with Gasteiger partial charge in [-0.05, 0) is 61.2 Å². The van der Waals surface area contributed by atoms with Crippen LogP contribution in [0.15, 0.2) is 41.3 Å². The van der Waals surface area contributed by atoms with E-state index in [2.05, 4.69) is 37.7 Å². The van der Waals surface area contributed by atoms with Gasteiger partial charge in [-0.15, -0.1) is 0 Å². The zero-order valence-electron chi connectivity index (χ0n) is 20.2. The van der Waals surface area contributed by atoms with Crippen molar-refractivity contribution in [2.24, 2.45) is 0 Å². The van der Waals surface area contributed by atoms with Crippen LogP contribution >= 0.6 is 0 Å². The second kappa shape index (κ2) is 8.48. The molecule has 0 saturated heterocycles. The Morgan fingerprint density at radius 2 is 2.00 bits per heavy atom. The summed E-state index contributed by atoms with van der Waals surface area (Å²) in [6, 6.07) is 8.79. The highest BCUT2D eigenvalue weighted by atomic mass is 19.1. The van der Waals surface area contributed by atoms with Crippen LogP contribution in [0.1, 0.15) is 49.6 Å². The summed E-state index contributed by atoms with van der Waals surface area (Å²) in [5.74, 6) is -0.395. The van der Waals surface area contributed by atoms with Gasteiger partial charge in [0.2, 0.25) is 5.95 Å². The summed E-state index contributed by atoms with van der Waals surface area (Å²) in [6.45, 7) is 4.53. The van der Waals surface area contributed by atoms with Crippen molar-refractivity contribution >= 4 is 22.7 Å². The molecule has 0 unspecified atom stereocenters. The number of benzene rings is 1. The number of hydrogen-bond acceptors (Lipinski definition) is 6. The van der Waals surface area contributed by atoms with Crippen molar-refractivity contribution in [3.05, 3.63) is 69.5 Å². The summed E-state index contributed by atoms with van der Waals surface area (Å²) < 4.78 is 31.8. The van der Waals surface area contributed by atoms with Crippen molar-refractivity contribution in [1.29, 1.82) is 0 Å². The quantitative estimate of drug-likeness (QED) is 0.422. The first-order valence-corrected chi connectivity index (χ1v) is 12.2. The standard InChI is InChI=1S/C26H27F2N7O/c1-26(2,14-27)21-8-7-20(28)23(32-21)35-22-19(24(36)34(35)18-5-6-18)13-30-25(33-22)31-17-4-3-16-12-29-10-9-15(16)11-17/h3-4,7-8,11,13,18,29H,5-6,9-10,12,14H2,1-2H3,(H,30,31,33). The minimum absolute atomic E-state index is 0.0704. The smallest absolute Gasteiger partial charge is 0.278 e. The average Bonchev–Trinajstić information content (AvgIpc) is 3.68. The Hall–Kier alpha value is -3.66. The number of rotatable bonds is 6. The molecule has 2 aliphatic rings. The summed E-state index contributed by atoms with van der Waals surface area (Å²) in [4.78, 5) is 26.8. The number of aromatic nitrogens is 5. The minimum Gasteiger partial charge on any atom is -0.324 e. The van der Waals surface area contributed by atoms with E-state index < -0.39 is 17.9 Å². The molecular weight excluding hydrogens is 464 g/mol. The first-order chi connectivity index (χ1) is 17.4. The number of hydrogen-bond donors (Lipinski definition) is 2. The molecule has 10 heteroatoms. The molecule has 0 atom stereocenters. The number of alkyl halides is 1. The van der Waals surface area contributed by atoms with Gasteiger partial charge >= 0.3 is 0 Å². The van der Waals surface area contributed by atoms with E-state index >= 15 is 4.39 Å². The molecule has 4 aromatic rings. The van der Waals surface area contributed by atoms with Gasteiger partial charge in [0.1, 0.15) is 12.1 Å². The second-order valence-electron chi connectivity index (χ2n) is 10.2. The van der Waals surface area contributed by atoms with Gasteiger partial charge in [0.25, 0.3) is 5.56 Å². The van der Waals surface area contributed by atoms with Crippen molar-refractivity contribution in [2.75, 3.05) is 18.5 Å². The number of halogens is 2. The zero-order chi connectivity index (χ0) is 25.0. The summed E-state index contributed by atoms with van der Waals surface area (Å²) >= 11 is 0. The van der Waals surface area contributed by atoms with Crippen molar-refractivity contribution in [2.45, 2.75) is 51.1 Å². The maximum atomic E-state index is 15.2. The molecule has 1 aliphatic carbocycles. The van der Waals surface area contributed by atoms with Crippen LogP contribution in [-0.4, -0.2) is 37.5 Å². The Balaban J connectivity index is 1.49. The maximum Gasteiger partial charge on any atom is 0.278 e. The highest BCUT2D eigenvalue weighted by Gasteiger charge is 2.33. The number of anilines is 2. The number of nitrogens with zero attached hydrogens (tertiary/aromatic N) is 5. The van der Waals surface area contributed by atoms with Crippen LogP contribution in [0.4, 0.5) is 20.4 Å². The molecule has 3 aromatic heterocycles. The van der Waals surface area contributed by atoms with Gasteiger partial charge in [-0.3, -0.25) is 9.18 Å². The third-order valence-electron chi connectivity index (χ3n) is 6.92. The molecule has 0 amide bonds. The van der Waals surface area contributed by atoms with Gasteiger partial charge in [0.15, 0.2) is 17.3 Å². The fraction of sp³-hybridized carbons (Fsp3) is 0.385. The summed E-state index contributed by atoms with van der Waals surface area (Å²) in [6.07, 6.45) is 4.01. The molecule has 1 aliphatic heterocycles. The Bertz CT molecular complexity index is 1540. The van der Waals surface area contributed by atoms with Crippen LogP contribution in [0.5, 0.6) is 0 Å². The van der Waals surface area contributed by atoms with E-state index in [1.54, 1.807) is 13.8 Å². The normalized spacial score (nSPS) is 15.8. The van der Waals surface area contributed by atoms with E-state index in [0.29, 0.717) is 11.6 Å². The SMILES string of the molecule is CC(C)(CF)c1ccc(F)c(-n2c3nc(Nc4ccc5c(c4)CCNC5)ncc3c(=O)n2C2CC2)n1. The lowest BCUT2D eigenvalue weighted by molar-refractivity contribution is 0.343. The van der Waals surface area contributed by atoms with Gasteiger partial charge in [-0.25, -0.2) is 23.7 Å². The van der Waals surface area contributed by atoms with Crippen LogP contribution in [-0.2, 0) is 18.4 Å².